The van der Waals surface area contributed by atoms with Gasteiger partial charge in [-0.1, -0.05) is 13.8 Å². The van der Waals surface area contributed by atoms with Crippen molar-refractivity contribution in [2.45, 2.75) is 79.1 Å². The van der Waals surface area contributed by atoms with Gasteiger partial charge in [-0.25, -0.2) is 9.59 Å². The molecule has 1 aliphatic rings. The first-order valence-electron chi connectivity index (χ1n) is 12.4. The van der Waals surface area contributed by atoms with Crippen molar-refractivity contribution in [1.82, 2.24) is 9.80 Å². The number of aliphatic carboxylic acids is 1. The summed E-state index contributed by atoms with van der Waals surface area (Å²) in [6.07, 6.45) is -0.208. The zero-order valence-corrected chi connectivity index (χ0v) is 23.8. The monoisotopic (exact) mass is 532 g/mol. The normalized spacial score (nSPS) is 16.3. The topological polar surface area (TPSA) is 123 Å². The minimum atomic E-state index is -1.43. The van der Waals surface area contributed by atoms with Gasteiger partial charge in [0.05, 0.1) is 19.6 Å². The van der Waals surface area contributed by atoms with Gasteiger partial charge in [0.2, 0.25) is 0 Å². The quantitative estimate of drug-likeness (QED) is 0.399. The zero-order chi connectivity index (χ0) is 27.7. The third-order valence-electron chi connectivity index (χ3n) is 4.91. The maximum atomic E-state index is 13.5. The number of urea groups is 1. The number of nitrogens with zero attached hydrogens (tertiary/aromatic N) is 2. The fourth-order valence-corrected chi connectivity index (χ4v) is 4.85. The van der Waals surface area contributed by atoms with Gasteiger partial charge >= 0.3 is 23.9 Å². The fraction of sp³-hybridized carbons (Fsp3) is 0.840. The van der Waals surface area contributed by atoms with Gasteiger partial charge in [0, 0.05) is 19.0 Å². The molecule has 1 aliphatic heterocycles. The fourth-order valence-electron chi connectivity index (χ4n) is 3.64. The van der Waals surface area contributed by atoms with Crippen LogP contribution in [0.1, 0.15) is 61.8 Å². The molecule has 208 valence electrons. The second-order valence-electron chi connectivity index (χ2n) is 11.4. The van der Waals surface area contributed by atoms with Crippen LogP contribution in [0.2, 0.25) is 0 Å². The van der Waals surface area contributed by atoms with E-state index >= 15 is 0 Å². The molecule has 0 aromatic heterocycles. The Morgan fingerprint density at radius 3 is 1.94 bits per heavy atom. The van der Waals surface area contributed by atoms with E-state index in [1.807, 2.05) is 13.8 Å². The minimum absolute atomic E-state index is 0.208. The third-order valence-corrected chi connectivity index (χ3v) is 6.48. The molecule has 10 nitrogen and oxygen atoms in total. The number of carbonyl (C=O) groups excluding carboxylic acids is 3. The average molecular weight is 533 g/mol. The molecule has 0 spiro atoms. The van der Waals surface area contributed by atoms with Crippen molar-refractivity contribution >= 4 is 35.7 Å². The molecule has 1 fully saturated rings. The van der Waals surface area contributed by atoms with E-state index in [1.54, 1.807) is 41.5 Å². The summed E-state index contributed by atoms with van der Waals surface area (Å²) in [6.45, 7) is 15.0. The SMILES string of the molecule is CC(C)CSCC(CC(=O)OC(C)(C)C)C(C(=O)O)N(CC(=O)OC(C)(C)C)C(=O)N1CCOCC1. The predicted molar refractivity (Wildman–Crippen MR) is 138 cm³/mol. The Morgan fingerprint density at radius 2 is 1.47 bits per heavy atom. The molecule has 0 radical (unpaired) electrons. The predicted octanol–water partition coefficient (Wildman–Crippen LogP) is 3.27. The summed E-state index contributed by atoms with van der Waals surface area (Å²) in [5.74, 6) is -1.95. The number of rotatable bonds is 11. The molecule has 1 rings (SSSR count). The summed E-state index contributed by atoms with van der Waals surface area (Å²) >= 11 is 1.51. The van der Waals surface area contributed by atoms with Crippen molar-refractivity contribution in [3.63, 3.8) is 0 Å². The van der Waals surface area contributed by atoms with Crippen LogP contribution in [0.4, 0.5) is 4.79 Å². The van der Waals surface area contributed by atoms with Gasteiger partial charge in [-0.05, 0) is 59.0 Å². The lowest BCUT2D eigenvalue weighted by Crippen LogP contribution is -2.58. The highest BCUT2D eigenvalue weighted by Crippen LogP contribution is 2.26. The van der Waals surface area contributed by atoms with Crippen molar-refractivity contribution in [2.75, 3.05) is 44.4 Å². The van der Waals surface area contributed by atoms with E-state index in [-0.39, 0.29) is 19.5 Å². The largest absolute Gasteiger partial charge is 0.480 e. The first kappa shape index (κ1) is 32.0. The van der Waals surface area contributed by atoms with Gasteiger partial charge in [0.15, 0.2) is 0 Å². The number of hydrogen-bond donors (Lipinski definition) is 1. The summed E-state index contributed by atoms with van der Waals surface area (Å²) in [6, 6.07) is -2.03. The molecule has 2 atom stereocenters. The third kappa shape index (κ3) is 12.3. The van der Waals surface area contributed by atoms with Crippen LogP contribution in [0.25, 0.3) is 0 Å². The summed E-state index contributed by atoms with van der Waals surface area (Å²) in [4.78, 5) is 54.2. The Hall–Kier alpha value is -2.01. The van der Waals surface area contributed by atoms with Crippen LogP contribution in [0, 0.1) is 11.8 Å². The van der Waals surface area contributed by atoms with E-state index in [4.69, 9.17) is 14.2 Å². The molecule has 1 N–H and O–H groups in total. The molecule has 0 bridgehead atoms. The highest BCUT2D eigenvalue weighted by molar-refractivity contribution is 7.99. The molecule has 0 aromatic carbocycles. The molecule has 2 unspecified atom stereocenters. The smallest absolute Gasteiger partial charge is 0.326 e. The van der Waals surface area contributed by atoms with E-state index < -0.39 is 53.6 Å². The van der Waals surface area contributed by atoms with Crippen LogP contribution in [0.5, 0.6) is 0 Å². The highest BCUT2D eigenvalue weighted by atomic mass is 32.2. The van der Waals surface area contributed by atoms with Gasteiger partial charge in [-0.3, -0.25) is 14.5 Å². The maximum Gasteiger partial charge on any atom is 0.326 e. The second-order valence-corrected chi connectivity index (χ2v) is 12.4. The molecular weight excluding hydrogens is 488 g/mol. The van der Waals surface area contributed by atoms with E-state index in [9.17, 15) is 24.3 Å². The average Bonchev–Trinajstić information content (AvgIpc) is 2.70. The van der Waals surface area contributed by atoms with Crippen LogP contribution in [-0.4, -0.2) is 100 Å². The molecular formula is C25H44N2O8S. The number of hydrogen-bond acceptors (Lipinski definition) is 8. The van der Waals surface area contributed by atoms with Crippen LogP contribution < -0.4 is 0 Å². The summed E-state index contributed by atoms with van der Waals surface area (Å²) in [5, 5.41) is 10.3. The van der Waals surface area contributed by atoms with Crippen molar-refractivity contribution < 1.29 is 38.5 Å². The molecule has 1 heterocycles. The van der Waals surface area contributed by atoms with Gasteiger partial charge in [-0.15, -0.1) is 0 Å². The molecule has 0 aromatic rings. The Morgan fingerprint density at radius 1 is 0.944 bits per heavy atom. The number of thioether (sulfide) groups is 1. The molecule has 2 amide bonds. The van der Waals surface area contributed by atoms with E-state index in [0.717, 1.165) is 10.7 Å². The first-order chi connectivity index (χ1) is 16.5. The second kappa shape index (κ2) is 14.1. The Kier molecular flexibility index (Phi) is 12.5. The Labute approximate surface area is 219 Å². The molecule has 0 saturated carbocycles. The first-order valence-corrected chi connectivity index (χ1v) is 13.5. The van der Waals surface area contributed by atoms with E-state index in [1.165, 1.54) is 16.7 Å². The van der Waals surface area contributed by atoms with Crippen molar-refractivity contribution in [2.24, 2.45) is 11.8 Å². The van der Waals surface area contributed by atoms with Crippen LogP contribution >= 0.6 is 11.8 Å². The van der Waals surface area contributed by atoms with Crippen LogP contribution in [0.3, 0.4) is 0 Å². The molecule has 11 heteroatoms. The van der Waals surface area contributed by atoms with Crippen LogP contribution in [0.15, 0.2) is 0 Å². The van der Waals surface area contributed by atoms with E-state index in [2.05, 4.69) is 0 Å². The zero-order valence-electron chi connectivity index (χ0n) is 23.0. The van der Waals surface area contributed by atoms with E-state index in [0.29, 0.717) is 24.9 Å². The highest BCUT2D eigenvalue weighted by Gasteiger charge is 2.41. The number of amides is 2. The van der Waals surface area contributed by atoms with Crippen molar-refractivity contribution in [1.29, 1.82) is 0 Å². The van der Waals surface area contributed by atoms with Gasteiger partial charge < -0.3 is 24.2 Å². The van der Waals surface area contributed by atoms with Gasteiger partial charge in [0.25, 0.3) is 0 Å². The Bertz CT molecular complexity index is 754. The van der Waals surface area contributed by atoms with Gasteiger partial charge in [0.1, 0.15) is 23.8 Å². The molecule has 36 heavy (non-hydrogen) atoms. The summed E-state index contributed by atoms with van der Waals surface area (Å²) < 4.78 is 16.2. The standard InChI is InChI=1S/C25H44N2O8S/c1-17(2)15-36-16-18(13-19(28)34-24(3,4)5)21(22(30)31)27(14-20(29)35-25(6,7)8)23(32)26-9-11-33-12-10-26/h17-18,21H,9-16H2,1-8H3,(H,30,31). The Balaban J connectivity index is 3.35. The number of carbonyl (C=O) groups is 4. The van der Waals surface area contributed by atoms with Crippen molar-refractivity contribution in [3.8, 4) is 0 Å². The number of esters is 2. The lowest BCUT2D eigenvalue weighted by molar-refractivity contribution is -0.158. The molecule has 0 aliphatic carbocycles. The van der Waals surface area contributed by atoms with Crippen LogP contribution in [-0.2, 0) is 28.6 Å². The molecule has 1 saturated heterocycles. The minimum Gasteiger partial charge on any atom is -0.480 e. The number of morpholine rings is 1. The van der Waals surface area contributed by atoms with Crippen molar-refractivity contribution in [3.05, 3.63) is 0 Å². The number of carboxylic acids is 1. The number of ether oxygens (including phenoxy) is 3. The maximum absolute atomic E-state index is 13.5. The lowest BCUT2D eigenvalue weighted by Gasteiger charge is -2.38. The summed E-state index contributed by atoms with van der Waals surface area (Å²) in [5.41, 5.74) is -1.56. The van der Waals surface area contributed by atoms with Gasteiger partial charge in [-0.2, -0.15) is 11.8 Å². The number of carboxylic acid groups (broad SMARTS) is 1. The lowest BCUT2D eigenvalue weighted by atomic mass is 9.96. The summed E-state index contributed by atoms with van der Waals surface area (Å²) in [7, 11) is 0.